The molecule has 0 aliphatic heterocycles. The van der Waals surface area contributed by atoms with Crippen molar-refractivity contribution in [2.45, 2.75) is 11.3 Å². The number of carbonyl (C=O) groups is 2. The molecule has 1 amide bonds. The number of methoxy groups -OCH3 is 3. The van der Waals surface area contributed by atoms with Gasteiger partial charge in [0.15, 0.2) is 11.5 Å². The maximum Gasteiger partial charge on any atom is 0.337 e. The average molecular weight is 540 g/mol. The van der Waals surface area contributed by atoms with E-state index in [1.54, 1.807) is 24.3 Å². The minimum absolute atomic E-state index is 0.0368. The van der Waals surface area contributed by atoms with Crippen LogP contribution in [0.5, 0.6) is 11.5 Å². The van der Waals surface area contributed by atoms with Gasteiger partial charge in [0.2, 0.25) is 10.0 Å². The normalized spacial score (nSPS) is 11.4. The molecule has 11 heteroatoms. The van der Waals surface area contributed by atoms with Crippen LogP contribution in [0.15, 0.2) is 82.8 Å². The number of hydrogen-bond acceptors (Lipinski definition) is 8. The summed E-state index contributed by atoms with van der Waals surface area (Å²) in [7, 11) is 0.0856. The first-order valence-electron chi connectivity index (χ1n) is 11.5. The van der Waals surface area contributed by atoms with Crippen LogP contribution >= 0.6 is 0 Å². The number of hydrazone groups is 1. The van der Waals surface area contributed by atoms with Gasteiger partial charge >= 0.3 is 5.97 Å². The fraction of sp³-hybridized carbons (Fsp3) is 0.222. The minimum Gasteiger partial charge on any atom is -0.493 e. The quantitative estimate of drug-likeness (QED) is 0.213. The molecular formula is C27H29N3O7S. The van der Waals surface area contributed by atoms with E-state index in [1.165, 1.54) is 45.7 Å². The standard InChI is InChI=1S/C27H29N3O7S/c1-35-24-14-13-23(17-25(24)36-2)38(33,34)30(16-15-20-7-5-4-6-8-20)19-26(31)29-28-18-21-9-11-22(12-10-21)27(32)37-3/h4-14,17-18H,15-16,19H2,1-3H3,(H,29,31)/b28-18-. The molecular weight excluding hydrogens is 510 g/mol. The molecule has 0 fully saturated rings. The summed E-state index contributed by atoms with van der Waals surface area (Å²) in [5.74, 6) is -0.449. The number of esters is 1. The molecule has 0 spiro atoms. The number of amides is 1. The molecule has 0 bridgehead atoms. The van der Waals surface area contributed by atoms with Crippen molar-refractivity contribution in [3.63, 3.8) is 0 Å². The Hall–Kier alpha value is -4.22. The second kappa shape index (κ2) is 13.4. The topological polar surface area (TPSA) is 124 Å². The molecule has 0 unspecified atom stereocenters. The number of ether oxygens (including phenoxy) is 3. The van der Waals surface area contributed by atoms with Crippen LogP contribution in [-0.2, 0) is 26.0 Å². The third kappa shape index (κ3) is 7.40. The fourth-order valence-electron chi connectivity index (χ4n) is 3.51. The summed E-state index contributed by atoms with van der Waals surface area (Å²) in [6, 6.07) is 20.0. The third-order valence-corrected chi connectivity index (χ3v) is 7.38. The first kappa shape index (κ1) is 28.4. The number of carbonyl (C=O) groups excluding carboxylic acids is 2. The highest BCUT2D eigenvalue weighted by Crippen LogP contribution is 2.30. The van der Waals surface area contributed by atoms with Crippen LogP contribution in [0.1, 0.15) is 21.5 Å². The van der Waals surface area contributed by atoms with Crippen LogP contribution in [0.2, 0.25) is 0 Å². The van der Waals surface area contributed by atoms with E-state index in [4.69, 9.17) is 9.47 Å². The molecule has 0 aromatic heterocycles. The second-order valence-electron chi connectivity index (χ2n) is 8.00. The van der Waals surface area contributed by atoms with E-state index in [0.29, 0.717) is 23.3 Å². The number of rotatable bonds is 12. The van der Waals surface area contributed by atoms with Gasteiger partial charge in [0, 0.05) is 12.6 Å². The van der Waals surface area contributed by atoms with Gasteiger partial charge in [-0.1, -0.05) is 42.5 Å². The summed E-state index contributed by atoms with van der Waals surface area (Å²) in [5, 5.41) is 3.91. The van der Waals surface area contributed by atoms with Gasteiger partial charge in [-0.05, 0) is 41.8 Å². The number of hydrogen-bond donors (Lipinski definition) is 1. The van der Waals surface area contributed by atoms with E-state index < -0.39 is 28.4 Å². The van der Waals surface area contributed by atoms with Crippen LogP contribution in [0.3, 0.4) is 0 Å². The third-order valence-electron chi connectivity index (χ3n) is 5.54. The smallest absolute Gasteiger partial charge is 0.337 e. The molecule has 3 aromatic rings. The lowest BCUT2D eigenvalue weighted by Gasteiger charge is -2.22. The molecule has 3 aromatic carbocycles. The lowest BCUT2D eigenvalue weighted by Crippen LogP contribution is -2.40. The zero-order chi connectivity index (χ0) is 27.5. The number of sulfonamides is 1. The molecule has 1 N–H and O–H groups in total. The maximum absolute atomic E-state index is 13.5. The van der Waals surface area contributed by atoms with Crippen LogP contribution in [0.4, 0.5) is 0 Å². The van der Waals surface area contributed by atoms with Gasteiger partial charge in [0.1, 0.15) is 0 Å². The number of nitrogens with one attached hydrogen (secondary N) is 1. The lowest BCUT2D eigenvalue weighted by molar-refractivity contribution is -0.121. The summed E-state index contributed by atoms with van der Waals surface area (Å²) < 4.78 is 43.3. The molecule has 200 valence electrons. The Kier molecular flexibility index (Phi) is 9.97. The lowest BCUT2D eigenvalue weighted by atomic mass is 10.1. The SMILES string of the molecule is COC(=O)c1ccc(/C=N\NC(=O)CN(CCc2ccccc2)S(=O)(=O)c2ccc(OC)c(OC)c2)cc1. The van der Waals surface area contributed by atoms with Gasteiger partial charge in [0.05, 0.1) is 44.5 Å². The van der Waals surface area contributed by atoms with Crippen molar-refractivity contribution < 1.29 is 32.2 Å². The van der Waals surface area contributed by atoms with Crippen LogP contribution in [0.25, 0.3) is 0 Å². The number of benzene rings is 3. The van der Waals surface area contributed by atoms with Gasteiger partial charge in [-0.2, -0.15) is 9.41 Å². The van der Waals surface area contributed by atoms with Crippen LogP contribution in [0, 0.1) is 0 Å². The summed E-state index contributed by atoms with van der Waals surface area (Å²) in [6.45, 7) is -0.394. The summed E-state index contributed by atoms with van der Waals surface area (Å²) in [4.78, 5) is 24.2. The van der Waals surface area contributed by atoms with Crippen molar-refractivity contribution >= 4 is 28.1 Å². The van der Waals surface area contributed by atoms with E-state index in [-0.39, 0.29) is 17.2 Å². The van der Waals surface area contributed by atoms with Crippen molar-refractivity contribution in [2.75, 3.05) is 34.4 Å². The Labute approximate surface area is 221 Å². The molecule has 0 saturated carbocycles. The zero-order valence-corrected chi connectivity index (χ0v) is 22.1. The van der Waals surface area contributed by atoms with Crippen molar-refractivity contribution in [1.29, 1.82) is 0 Å². The molecule has 0 atom stereocenters. The average Bonchev–Trinajstić information content (AvgIpc) is 2.95. The molecule has 38 heavy (non-hydrogen) atoms. The van der Waals surface area contributed by atoms with Crippen molar-refractivity contribution in [3.8, 4) is 11.5 Å². The first-order chi connectivity index (χ1) is 18.3. The van der Waals surface area contributed by atoms with Crippen LogP contribution < -0.4 is 14.9 Å². The predicted octanol–water partition coefficient (Wildman–Crippen LogP) is 2.87. The molecule has 10 nitrogen and oxygen atoms in total. The summed E-state index contributed by atoms with van der Waals surface area (Å²) in [5.41, 5.74) is 4.29. The van der Waals surface area contributed by atoms with Crippen molar-refractivity contribution in [2.24, 2.45) is 5.10 Å². The first-order valence-corrected chi connectivity index (χ1v) is 13.0. The Bertz CT molecular complexity index is 1380. The zero-order valence-electron chi connectivity index (χ0n) is 21.3. The van der Waals surface area contributed by atoms with E-state index >= 15 is 0 Å². The maximum atomic E-state index is 13.5. The Morgan fingerprint density at radius 1 is 0.921 bits per heavy atom. The summed E-state index contributed by atoms with van der Waals surface area (Å²) in [6.07, 6.45) is 1.78. The van der Waals surface area contributed by atoms with E-state index in [2.05, 4.69) is 15.3 Å². The highest BCUT2D eigenvalue weighted by atomic mass is 32.2. The molecule has 0 radical (unpaired) electrons. The van der Waals surface area contributed by atoms with E-state index in [1.807, 2.05) is 30.3 Å². The van der Waals surface area contributed by atoms with Gasteiger partial charge in [-0.3, -0.25) is 4.79 Å². The molecule has 0 saturated heterocycles. The van der Waals surface area contributed by atoms with Crippen LogP contribution in [-0.4, -0.2) is 65.2 Å². The molecule has 0 aliphatic carbocycles. The van der Waals surface area contributed by atoms with E-state index in [0.717, 1.165) is 9.87 Å². The Morgan fingerprint density at radius 2 is 1.61 bits per heavy atom. The Balaban J connectivity index is 1.76. The van der Waals surface area contributed by atoms with E-state index in [9.17, 15) is 18.0 Å². The highest BCUT2D eigenvalue weighted by molar-refractivity contribution is 7.89. The largest absolute Gasteiger partial charge is 0.493 e. The summed E-state index contributed by atoms with van der Waals surface area (Å²) >= 11 is 0. The molecule has 3 rings (SSSR count). The molecule has 0 aliphatic rings. The highest BCUT2D eigenvalue weighted by Gasteiger charge is 2.27. The van der Waals surface area contributed by atoms with Gasteiger partial charge in [-0.15, -0.1) is 0 Å². The van der Waals surface area contributed by atoms with Gasteiger partial charge in [-0.25, -0.2) is 18.6 Å². The second-order valence-corrected chi connectivity index (χ2v) is 9.94. The number of nitrogens with zero attached hydrogens (tertiary/aromatic N) is 2. The van der Waals surface area contributed by atoms with Crippen molar-refractivity contribution in [1.82, 2.24) is 9.73 Å². The monoisotopic (exact) mass is 539 g/mol. The van der Waals surface area contributed by atoms with Crippen molar-refractivity contribution in [3.05, 3.63) is 89.5 Å². The van der Waals surface area contributed by atoms with Gasteiger partial charge < -0.3 is 14.2 Å². The Morgan fingerprint density at radius 3 is 2.24 bits per heavy atom. The van der Waals surface area contributed by atoms with Gasteiger partial charge in [0.25, 0.3) is 5.91 Å². The predicted molar refractivity (Wildman–Crippen MR) is 142 cm³/mol. The fourth-order valence-corrected chi connectivity index (χ4v) is 4.92. The molecule has 0 heterocycles. The minimum atomic E-state index is -4.08.